The molecule has 1 fully saturated rings. The highest BCUT2D eigenvalue weighted by atomic mass is 35.5. The highest BCUT2D eigenvalue weighted by Crippen LogP contribution is 2.35. The number of nitrogens with one attached hydrogen (secondary N) is 1. The average Bonchev–Trinajstić information content (AvgIpc) is 3.00. The van der Waals surface area contributed by atoms with Crippen molar-refractivity contribution in [3.63, 3.8) is 0 Å². The minimum atomic E-state index is 0.850. The van der Waals surface area contributed by atoms with Crippen LogP contribution in [0, 0.1) is 5.92 Å². The molecule has 1 aromatic carbocycles. The second kappa shape index (κ2) is 5.83. The normalized spacial score (nSPS) is 19.7. The Hall–Kier alpha value is -0.220. The maximum atomic E-state index is 6.42. The first kappa shape index (κ1) is 12.8. The van der Waals surface area contributed by atoms with Crippen molar-refractivity contribution in [1.29, 1.82) is 0 Å². The summed E-state index contributed by atoms with van der Waals surface area (Å²) < 4.78 is 1.29. The van der Waals surface area contributed by atoms with Crippen LogP contribution in [0.5, 0.6) is 0 Å². The molecular formula is C14H16ClNS2. The third kappa shape index (κ3) is 2.69. The first-order valence-corrected chi connectivity index (χ1v) is 8.64. The highest BCUT2D eigenvalue weighted by Gasteiger charge is 2.15. The molecule has 2 aromatic rings. The molecule has 1 aromatic heterocycles. The topological polar surface area (TPSA) is 12.0 Å². The lowest BCUT2D eigenvalue weighted by Crippen LogP contribution is -2.21. The Balaban J connectivity index is 1.65. The van der Waals surface area contributed by atoms with Gasteiger partial charge in [-0.3, -0.25) is 0 Å². The standard InChI is InChI=1S/C14H16ClNS2/c15-14-11-3-1-2-4-12(11)18-13(14)8-16-7-10-5-6-17-9-10/h1-4,10,16H,5-9H2. The van der Waals surface area contributed by atoms with Gasteiger partial charge in [0.1, 0.15) is 0 Å². The van der Waals surface area contributed by atoms with Crippen LogP contribution in [-0.2, 0) is 6.54 Å². The Kier molecular flexibility index (Phi) is 4.14. The number of thiophene rings is 1. The van der Waals surface area contributed by atoms with E-state index in [9.17, 15) is 0 Å². The summed E-state index contributed by atoms with van der Waals surface area (Å²) >= 11 is 10.3. The van der Waals surface area contributed by atoms with Crippen LogP contribution in [0.1, 0.15) is 11.3 Å². The summed E-state index contributed by atoms with van der Waals surface area (Å²) in [5.74, 6) is 3.49. The number of fused-ring (bicyclic) bond motifs is 1. The summed E-state index contributed by atoms with van der Waals surface area (Å²) in [5.41, 5.74) is 0. The lowest BCUT2D eigenvalue weighted by Gasteiger charge is -2.08. The molecular weight excluding hydrogens is 282 g/mol. The van der Waals surface area contributed by atoms with Gasteiger partial charge in [-0.1, -0.05) is 29.8 Å². The summed E-state index contributed by atoms with van der Waals surface area (Å²) in [5, 5.41) is 5.68. The molecule has 18 heavy (non-hydrogen) atoms. The Morgan fingerprint density at radius 3 is 3.00 bits per heavy atom. The van der Waals surface area contributed by atoms with Gasteiger partial charge >= 0.3 is 0 Å². The molecule has 1 N–H and O–H groups in total. The number of hydrogen-bond acceptors (Lipinski definition) is 3. The van der Waals surface area contributed by atoms with E-state index in [1.165, 1.54) is 32.9 Å². The SMILES string of the molecule is Clc1c(CNCC2CCSC2)sc2ccccc12. The van der Waals surface area contributed by atoms with Gasteiger partial charge in [-0.2, -0.15) is 11.8 Å². The molecule has 1 saturated heterocycles. The van der Waals surface area contributed by atoms with Crippen molar-refractivity contribution in [3.8, 4) is 0 Å². The quantitative estimate of drug-likeness (QED) is 0.898. The first-order chi connectivity index (χ1) is 8.84. The highest BCUT2D eigenvalue weighted by molar-refractivity contribution is 7.99. The predicted octanol–water partition coefficient (Wildman–Crippen LogP) is 4.40. The van der Waals surface area contributed by atoms with Crippen LogP contribution in [-0.4, -0.2) is 18.1 Å². The molecule has 0 radical (unpaired) electrons. The molecule has 0 spiro atoms. The number of halogens is 1. The molecule has 1 aliphatic heterocycles. The molecule has 3 rings (SSSR count). The first-order valence-electron chi connectivity index (χ1n) is 6.29. The fourth-order valence-electron chi connectivity index (χ4n) is 2.31. The molecule has 1 atom stereocenters. The summed E-state index contributed by atoms with van der Waals surface area (Å²) in [4.78, 5) is 1.27. The number of thioether (sulfide) groups is 1. The van der Waals surface area contributed by atoms with E-state index < -0.39 is 0 Å². The second-order valence-electron chi connectivity index (χ2n) is 4.70. The lowest BCUT2D eigenvalue weighted by atomic mass is 10.1. The van der Waals surface area contributed by atoms with E-state index in [4.69, 9.17) is 11.6 Å². The van der Waals surface area contributed by atoms with E-state index in [1.807, 2.05) is 6.07 Å². The van der Waals surface area contributed by atoms with Gasteiger partial charge < -0.3 is 5.32 Å². The van der Waals surface area contributed by atoms with Crippen molar-refractivity contribution >= 4 is 44.8 Å². The number of rotatable bonds is 4. The lowest BCUT2D eigenvalue weighted by molar-refractivity contribution is 0.525. The van der Waals surface area contributed by atoms with Crippen molar-refractivity contribution in [1.82, 2.24) is 5.32 Å². The Labute approximate surface area is 121 Å². The summed E-state index contributed by atoms with van der Waals surface area (Å²) in [6, 6.07) is 8.37. The third-order valence-corrected chi connectivity index (χ3v) is 6.29. The van der Waals surface area contributed by atoms with Gasteiger partial charge in [-0.15, -0.1) is 11.3 Å². The largest absolute Gasteiger partial charge is 0.311 e. The monoisotopic (exact) mass is 297 g/mol. The van der Waals surface area contributed by atoms with Crippen LogP contribution >= 0.6 is 34.7 Å². The minimum Gasteiger partial charge on any atom is -0.311 e. The van der Waals surface area contributed by atoms with Gasteiger partial charge in [0.15, 0.2) is 0 Å². The van der Waals surface area contributed by atoms with E-state index in [2.05, 4.69) is 35.3 Å². The third-order valence-electron chi connectivity index (χ3n) is 3.34. The summed E-state index contributed by atoms with van der Waals surface area (Å²) in [6.07, 6.45) is 1.36. The predicted molar refractivity (Wildman–Crippen MR) is 84.0 cm³/mol. The zero-order valence-electron chi connectivity index (χ0n) is 10.1. The van der Waals surface area contributed by atoms with Crippen LogP contribution in [0.2, 0.25) is 5.02 Å². The fourth-order valence-corrected chi connectivity index (χ4v) is 5.07. The van der Waals surface area contributed by atoms with E-state index in [1.54, 1.807) is 11.3 Å². The van der Waals surface area contributed by atoms with E-state index in [-0.39, 0.29) is 0 Å². The van der Waals surface area contributed by atoms with Crippen LogP contribution in [0.25, 0.3) is 10.1 Å². The van der Waals surface area contributed by atoms with Crippen LogP contribution < -0.4 is 5.32 Å². The van der Waals surface area contributed by atoms with Gasteiger partial charge in [0.05, 0.1) is 5.02 Å². The molecule has 1 aliphatic rings. The number of hydrogen-bond donors (Lipinski definition) is 1. The van der Waals surface area contributed by atoms with E-state index in [0.717, 1.165) is 24.0 Å². The van der Waals surface area contributed by atoms with Gasteiger partial charge in [-0.05, 0) is 36.5 Å². The van der Waals surface area contributed by atoms with E-state index in [0.29, 0.717) is 0 Å². The van der Waals surface area contributed by atoms with Gasteiger partial charge in [0.25, 0.3) is 0 Å². The molecule has 2 heterocycles. The minimum absolute atomic E-state index is 0.850. The van der Waals surface area contributed by atoms with Gasteiger partial charge in [-0.25, -0.2) is 0 Å². The Morgan fingerprint density at radius 2 is 2.22 bits per heavy atom. The molecule has 0 saturated carbocycles. The van der Waals surface area contributed by atoms with Crippen LogP contribution in [0.4, 0.5) is 0 Å². The van der Waals surface area contributed by atoms with E-state index >= 15 is 0 Å². The van der Waals surface area contributed by atoms with Crippen molar-refractivity contribution in [2.75, 3.05) is 18.1 Å². The van der Waals surface area contributed by atoms with Gasteiger partial charge in [0.2, 0.25) is 0 Å². The molecule has 0 amide bonds. The van der Waals surface area contributed by atoms with Crippen LogP contribution in [0.15, 0.2) is 24.3 Å². The van der Waals surface area contributed by atoms with Crippen molar-refractivity contribution in [2.24, 2.45) is 5.92 Å². The average molecular weight is 298 g/mol. The fraction of sp³-hybridized carbons (Fsp3) is 0.429. The maximum Gasteiger partial charge on any atom is 0.0636 e. The summed E-state index contributed by atoms with van der Waals surface area (Å²) in [7, 11) is 0. The summed E-state index contributed by atoms with van der Waals surface area (Å²) in [6.45, 7) is 2.02. The Morgan fingerprint density at radius 1 is 1.33 bits per heavy atom. The Bertz CT molecular complexity index is 532. The number of benzene rings is 1. The second-order valence-corrected chi connectivity index (χ2v) is 7.36. The molecule has 96 valence electrons. The van der Waals surface area contributed by atoms with Crippen molar-refractivity contribution < 1.29 is 0 Å². The van der Waals surface area contributed by atoms with Gasteiger partial charge in [0, 0.05) is 21.5 Å². The molecule has 0 aliphatic carbocycles. The van der Waals surface area contributed by atoms with Crippen LogP contribution in [0.3, 0.4) is 0 Å². The molecule has 0 bridgehead atoms. The maximum absolute atomic E-state index is 6.42. The molecule has 1 nitrogen and oxygen atoms in total. The smallest absolute Gasteiger partial charge is 0.0636 e. The molecule has 4 heteroatoms. The van der Waals surface area contributed by atoms with Crippen molar-refractivity contribution in [3.05, 3.63) is 34.2 Å². The zero-order chi connectivity index (χ0) is 12.4. The zero-order valence-corrected chi connectivity index (χ0v) is 12.5. The van der Waals surface area contributed by atoms with Crippen molar-refractivity contribution in [2.45, 2.75) is 13.0 Å². The molecule has 1 unspecified atom stereocenters.